The summed E-state index contributed by atoms with van der Waals surface area (Å²) in [5.41, 5.74) is 4.92. The number of fused-ring (bicyclic) bond motifs is 1. The zero-order valence-electron chi connectivity index (χ0n) is 10.9. The van der Waals surface area contributed by atoms with E-state index in [0.717, 1.165) is 33.7 Å². The molecule has 0 unspecified atom stereocenters. The number of oxazole rings is 1. The van der Waals surface area contributed by atoms with Gasteiger partial charge in [0.25, 0.3) is 0 Å². The molecule has 0 N–H and O–H groups in total. The van der Waals surface area contributed by atoms with Gasteiger partial charge in [0.2, 0.25) is 5.89 Å². The van der Waals surface area contributed by atoms with E-state index < -0.39 is 0 Å². The van der Waals surface area contributed by atoms with Gasteiger partial charge in [-0.2, -0.15) is 0 Å². The van der Waals surface area contributed by atoms with Crippen molar-refractivity contribution in [3.05, 3.63) is 52.5 Å². The summed E-state index contributed by atoms with van der Waals surface area (Å²) in [6.07, 6.45) is 0.995. The number of aryl methyl sites for hydroxylation is 2. The standard InChI is InChI=1S/C16H14ClNO/c1-3-11-5-7-15-14(8-11)18-16(19-15)12-6-4-10(2)13(17)9-12/h4-9H,3H2,1-2H3. The van der Waals surface area contributed by atoms with Crippen LogP contribution in [-0.4, -0.2) is 4.98 Å². The summed E-state index contributed by atoms with van der Waals surface area (Å²) in [7, 11) is 0. The molecule has 0 aliphatic rings. The van der Waals surface area contributed by atoms with E-state index in [-0.39, 0.29) is 0 Å². The molecule has 0 saturated carbocycles. The minimum Gasteiger partial charge on any atom is -0.436 e. The van der Waals surface area contributed by atoms with Crippen molar-refractivity contribution in [3.8, 4) is 11.5 Å². The average molecular weight is 272 g/mol. The van der Waals surface area contributed by atoms with Crippen LogP contribution >= 0.6 is 11.6 Å². The van der Waals surface area contributed by atoms with Crippen LogP contribution in [0.25, 0.3) is 22.6 Å². The first-order chi connectivity index (χ1) is 9.17. The lowest BCUT2D eigenvalue weighted by Crippen LogP contribution is -1.80. The quantitative estimate of drug-likeness (QED) is 0.654. The molecule has 0 saturated heterocycles. The fourth-order valence-corrected chi connectivity index (χ4v) is 2.22. The fourth-order valence-electron chi connectivity index (χ4n) is 2.04. The summed E-state index contributed by atoms with van der Waals surface area (Å²) in [6, 6.07) is 12.0. The van der Waals surface area contributed by atoms with Gasteiger partial charge in [0.1, 0.15) is 5.52 Å². The number of benzene rings is 2. The summed E-state index contributed by atoms with van der Waals surface area (Å²) in [5.74, 6) is 0.616. The number of rotatable bonds is 2. The van der Waals surface area contributed by atoms with E-state index in [1.54, 1.807) is 0 Å². The zero-order chi connectivity index (χ0) is 13.4. The second-order valence-electron chi connectivity index (χ2n) is 4.64. The van der Waals surface area contributed by atoms with Gasteiger partial charge in [-0.3, -0.25) is 0 Å². The highest BCUT2D eigenvalue weighted by atomic mass is 35.5. The van der Waals surface area contributed by atoms with E-state index in [1.807, 2.05) is 31.2 Å². The van der Waals surface area contributed by atoms with Crippen molar-refractivity contribution < 1.29 is 4.42 Å². The molecular formula is C16H14ClNO. The molecule has 0 aliphatic heterocycles. The van der Waals surface area contributed by atoms with Gasteiger partial charge in [0.05, 0.1) is 0 Å². The Hall–Kier alpha value is -1.80. The third kappa shape index (κ3) is 2.24. The number of hydrogen-bond acceptors (Lipinski definition) is 2. The molecule has 0 spiro atoms. The molecule has 2 nitrogen and oxygen atoms in total. The molecule has 3 rings (SSSR count). The van der Waals surface area contributed by atoms with Crippen molar-refractivity contribution in [2.75, 3.05) is 0 Å². The minimum absolute atomic E-state index is 0.616. The Balaban J connectivity index is 2.11. The Kier molecular flexibility index (Phi) is 3.03. The SMILES string of the molecule is CCc1ccc2oc(-c3ccc(C)c(Cl)c3)nc2c1. The predicted octanol–water partition coefficient (Wildman–Crippen LogP) is 5.02. The lowest BCUT2D eigenvalue weighted by atomic mass is 10.1. The Morgan fingerprint density at radius 2 is 2.00 bits per heavy atom. The first kappa shape index (κ1) is 12.2. The lowest BCUT2D eigenvalue weighted by molar-refractivity contribution is 0.620. The maximum absolute atomic E-state index is 6.14. The van der Waals surface area contributed by atoms with Crippen LogP contribution in [0.3, 0.4) is 0 Å². The maximum Gasteiger partial charge on any atom is 0.227 e. The maximum atomic E-state index is 6.14. The molecule has 0 amide bonds. The number of aromatic nitrogens is 1. The van der Waals surface area contributed by atoms with Crippen LogP contribution in [0.4, 0.5) is 0 Å². The predicted molar refractivity (Wildman–Crippen MR) is 78.6 cm³/mol. The Bertz CT molecular complexity index is 746. The van der Waals surface area contributed by atoms with Gasteiger partial charge in [0.15, 0.2) is 5.58 Å². The molecule has 1 aromatic heterocycles. The van der Waals surface area contributed by atoms with Crippen LogP contribution in [0.15, 0.2) is 40.8 Å². The summed E-state index contributed by atoms with van der Waals surface area (Å²) < 4.78 is 5.78. The van der Waals surface area contributed by atoms with E-state index in [9.17, 15) is 0 Å². The molecule has 3 heteroatoms. The highest BCUT2D eigenvalue weighted by Crippen LogP contribution is 2.28. The monoisotopic (exact) mass is 271 g/mol. The number of nitrogens with zero attached hydrogens (tertiary/aromatic N) is 1. The van der Waals surface area contributed by atoms with Crippen molar-refractivity contribution in [2.24, 2.45) is 0 Å². The van der Waals surface area contributed by atoms with Gasteiger partial charge < -0.3 is 4.42 Å². The van der Waals surface area contributed by atoms with Crippen LogP contribution in [0.2, 0.25) is 5.02 Å². The van der Waals surface area contributed by atoms with Crippen molar-refractivity contribution in [3.63, 3.8) is 0 Å². The summed E-state index contributed by atoms with van der Waals surface area (Å²) >= 11 is 6.14. The van der Waals surface area contributed by atoms with Crippen molar-refractivity contribution >= 4 is 22.7 Å². The highest BCUT2D eigenvalue weighted by molar-refractivity contribution is 6.31. The molecule has 2 aromatic carbocycles. The van der Waals surface area contributed by atoms with Gasteiger partial charge in [-0.15, -0.1) is 0 Å². The van der Waals surface area contributed by atoms with E-state index >= 15 is 0 Å². The number of hydrogen-bond donors (Lipinski definition) is 0. The van der Waals surface area contributed by atoms with Gasteiger partial charge >= 0.3 is 0 Å². The Morgan fingerprint density at radius 1 is 1.16 bits per heavy atom. The van der Waals surface area contributed by atoms with Crippen molar-refractivity contribution in [1.82, 2.24) is 4.98 Å². The summed E-state index contributed by atoms with van der Waals surface area (Å²) in [5, 5.41) is 0.731. The van der Waals surface area contributed by atoms with Crippen LogP contribution in [0.5, 0.6) is 0 Å². The Labute approximate surface area is 117 Å². The average Bonchev–Trinajstić information content (AvgIpc) is 2.84. The second-order valence-corrected chi connectivity index (χ2v) is 5.05. The summed E-state index contributed by atoms with van der Waals surface area (Å²) in [4.78, 5) is 4.54. The molecule has 19 heavy (non-hydrogen) atoms. The fraction of sp³-hybridized carbons (Fsp3) is 0.188. The van der Waals surface area contributed by atoms with Gasteiger partial charge in [-0.05, 0) is 48.7 Å². The van der Waals surface area contributed by atoms with Crippen LogP contribution < -0.4 is 0 Å². The van der Waals surface area contributed by atoms with E-state index in [1.165, 1.54) is 5.56 Å². The molecule has 0 fully saturated rings. The largest absolute Gasteiger partial charge is 0.436 e. The Morgan fingerprint density at radius 3 is 2.74 bits per heavy atom. The molecular weight excluding hydrogens is 258 g/mol. The molecule has 1 heterocycles. The first-order valence-electron chi connectivity index (χ1n) is 6.33. The van der Waals surface area contributed by atoms with Gasteiger partial charge in [-0.25, -0.2) is 4.98 Å². The normalized spacial score (nSPS) is 11.1. The molecule has 96 valence electrons. The molecule has 0 radical (unpaired) electrons. The van der Waals surface area contributed by atoms with Crippen molar-refractivity contribution in [1.29, 1.82) is 0 Å². The van der Waals surface area contributed by atoms with Crippen molar-refractivity contribution in [2.45, 2.75) is 20.3 Å². The van der Waals surface area contributed by atoms with E-state index in [4.69, 9.17) is 16.0 Å². The molecule has 3 aromatic rings. The van der Waals surface area contributed by atoms with Crippen LogP contribution in [0, 0.1) is 6.92 Å². The molecule has 0 bridgehead atoms. The minimum atomic E-state index is 0.616. The van der Waals surface area contributed by atoms with Gasteiger partial charge in [-0.1, -0.05) is 30.7 Å². The summed E-state index contributed by atoms with van der Waals surface area (Å²) in [6.45, 7) is 4.10. The topological polar surface area (TPSA) is 26.0 Å². The van der Waals surface area contributed by atoms with Crippen LogP contribution in [0.1, 0.15) is 18.1 Å². The van der Waals surface area contributed by atoms with E-state index in [0.29, 0.717) is 5.89 Å². The third-order valence-electron chi connectivity index (χ3n) is 3.28. The first-order valence-corrected chi connectivity index (χ1v) is 6.71. The lowest BCUT2D eigenvalue weighted by Gasteiger charge is -1.99. The molecule has 0 atom stereocenters. The zero-order valence-corrected chi connectivity index (χ0v) is 11.7. The van der Waals surface area contributed by atoms with E-state index in [2.05, 4.69) is 24.0 Å². The second kappa shape index (κ2) is 4.71. The van der Waals surface area contributed by atoms with Crippen LogP contribution in [-0.2, 0) is 6.42 Å². The third-order valence-corrected chi connectivity index (χ3v) is 3.69. The molecule has 0 aliphatic carbocycles. The smallest absolute Gasteiger partial charge is 0.227 e. The number of halogens is 1. The van der Waals surface area contributed by atoms with Gasteiger partial charge in [0, 0.05) is 10.6 Å². The highest BCUT2D eigenvalue weighted by Gasteiger charge is 2.09.